The zero-order valence-electron chi connectivity index (χ0n) is 12.6. The van der Waals surface area contributed by atoms with Gasteiger partial charge in [-0.15, -0.1) is 0 Å². The lowest BCUT2D eigenvalue weighted by molar-refractivity contribution is -0.115. The first-order valence-electron chi connectivity index (χ1n) is 7.22. The van der Waals surface area contributed by atoms with Crippen LogP contribution in [0.5, 0.6) is 0 Å². The van der Waals surface area contributed by atoms with Crippen LogP contribution in [0.2, 0.25) is 0 Å². The summed E-state index contributed by atoms with van der Waals surface area (Å²) >= 11 is 0. The smallest absolute Gasteiger partial charge is 0.335 e. The Hall–Kier alpha value is -3.41. The molecule has 0 atom stereocenters. The summed E-state index contributed by atoms with van der Waals surface area (Å²) < 4.78 is 0. The van der Waals surface area contributed by atoms with Crippen LogP contribution < -0.4 is 10.6 Å². The molecule has 2 aromatic carbocycles. The molecule has 0 spiro atoms. The van der Waals surface area contributed by atoms with E-state index in [0.29, 0.717) is 16.8 Å². The van der Waals surface area contributed by atoms with Gasteiger partial charge in [-0.05, 0) is 23.8 Å². The summed E-state index contributed by atoms with van der Waals surface area (Å²) in [5, 5.41) is 9.08. The third-order valence-electron chi connectivity index (χ3n) is 3.76. The number of fused-ring (bicyclic) bond motifs is 1. The number of nitrogens with two attached hydrogens (primary N) is 1. The minimum absolute atomic E-state index is 0.153. The molecule has 0 aliphatic carbocycles. The van der Waals surface area contributed by atoms with Crippen LogP contribution in [-0.4, -0.2) is 22.9 Å². The van der Waals surface area contributed by atoms with Gasteiger partial charge in [0.25, 0.3) is 5.91 Å². The Morgan fingerprint density at radius 3 is 2.58 bits per heavy atom. The van der Waals surface area contributed by atoms with E-state index in [9.17, 15) is 14.4 Å². The molecule has 0 fully saturated rings. The summed E-state index contributed by atoms with van der Waals surface area (Å²) in [5.41, 5.74) is 7.56. The van der Waals surface area contributed by atoms with Crippen LogP contribution in [0.15, 0.2) is 54.6 Å². The van der Waals surface area contributed by atoms with Crippen molar-refractivity contribution >= 4 is 29.0 Å². The fourth-order valence-electron chi connectivity index (χ4n) is 2.73. The molecular weight excluding hydrogens is 308 g/mol. The molecule has 0 saturated carbocycles. The van der Waals surface area contributed by atoms with Crippen molar-refractivity contribution < 1.29 is 19.5 Å². The Bertz CT molecular complexity index is 886. The number of carbonyl (C=O) groups is 3. The lowest BCUT2D eigenvalue weighted by Gasteiger charge is -2.17. The second-order valence-corrected chi connectivity index (χ2v) is 5.37. The first kappa shape index (κ1) is 15.5. The number of carbonyl (C=O) groups excluding carboxylic acids is 2. The molecular formula is C18H14N2O4. The average molecular weight is 322 g/mol. The zero-order valence-corrected chi connectivity index (χ0v) is 12.6. The van der Waals surface area contributed by atoms with E-state index >= 15 is 0 Å². The van der Waals surface area contributed by atoms with Crippen molar-refractivity contribution in [2.75, 3.05) is 4.90 Å². The van der Waals surface area contributed by atoms with Gasteiger partial charge in [-0.25, -0.2) is 4.79 Å². The molecule has 0 unspecified atom stereocenters. The molecule has 6 nitrogen and oxygen atoms in total. The molecule has 0 bridgehead atoms. The molecule has 0 radical (unpaired) electrons. The molecule has 120 valence electrons. The minimum atomic E-state index is -1.03. The summed E-state index contributed by atoms with van der Waals surface area (Å²) in [5.74, 6) is -2.06. The Balaban J connectivity index is 2.00. The molecule has 2 amide bonds. The number of hydrogen-bond donors (Lipinski definition) is 2. The summed E-state index contributed by atoms with van der Waals surface area (Å²) in [6.45, 7) is 0.201. The number of rotatable bonds is 4. The van der Waals surface area contributed by atoms with Crippen LogP contribution in [0.4, 0.5) is 5.69 Å². The number of benzene rings is 2. The van der Waals surface area contributed by atoms with Gasteiger partial charge in [0.1, 0.15) is 0 Å². The number of aromatic carboxylic acids is 1. The molecule has 0 aromatic heterocycles. The first-order valence-corrected chi connectivity index (χ1v) is 7.22. The molecule has 24 heavy (non-hydrogen) atoms. The highest BCUT2D eigenvalue weighted by Gasteiger charge is 2.32. The Morgan fingerprint density at radius 2 is 1.88 bits per heavy atom. The molecule has 1 aliphatic heterocycles. The van der Waals surface area contributed by atoms with E-state index < -0.39 is 11.9 Å². The molecule has 6 heteroatoms. The van der Waals surface area contributed by atoms with Crippen molar-refractivity contribution in [2.24, 2.45) is 5.73 Å². The van der Waals surface area contributed by atoms with E-state index in [4.69, 9.17) is 10.8 Å². The van der Waals surface area contributed by atoms with Crippen molar-refractivity contribution in [1.82, 2.24) is 0 Å². The Morgan fingerprint density at radius 1 is 1.12 bits per heavy atom. The van der Waals surface area contributed by atoms with Crippen LogP contribution in [0, 0.1) is 0 Å². The first-order chi connectivity index (χ1) is 11.5. The molecule has 1 aliphatic rings. The average Bonchev–Trinajstić information content (AvgIpc) is 2.81. The fourth-order valence-corrected chi connectivity index (χ4v) is 2.73. The summed E-state index contributed by atoms with van der Waals surface area (Å²) in [6.07, 6.45) is 1.12. The maximum absolute atomic E-state index is 12.7. The van der Waals surface area contributed by atoms with E-state index in [1.807, 2.05) is 0 Å². The number of anilines is 1. The third kappa shape index (κ3) is 2.77. The maximum Gasteiger partial charge on any atom is 0.335 e. The number of hydrogen-bond acceptors (Lipinski definition) is 3. The van der Waals surface area contributed by atoms with Crippen molar-refractivity contribution in [1.29, 1.82) is 0 Å². The normalized spacial score (nSPS) is 14.8. The Kier molecular flexibility index (Phi) is 3.87. The van der Waals surface area contributed by atoms with Gasteiger partial charge < -0.3 is 15.7 Å². The monoisotopic (exact) mass is 322 g/mol. The van der Waals surface area contributed by atoms with E-state index in [-0.39, 0.29) is 23.6 Å². The standard InChI is InChI=1S/C18H14N2O4/c19-16(21)9-14-13-6-1-2-7-15(13)20(17(14)22)10-11-4-3-5-12(8-11)18(23)24/h1-9H,10H2,(H2,19,21)(H,23,24). The maximum atomic E-state index is 12.7. The molecule has 3 N–H and O–H groups in total. The largest absolute Gasteiger partial charge is 0.478 e. The van der Waals surface area contributed by atoms with Crippen molar-refractivity contribution in [3.63, 3.8) is 0 Å². The molecule has 3 rings (SSSR count). The zero-order chi connectivity index (χ0) is 17.3. The van der Waals surface area contributed by atoms with Crippen LogP contribution in [0.25, 0.3) is 5.57 Å². The van der Waals surface area contributed by atoms with E-state index in [0.717, 1.165) is 6.08 Å². The summed E-state index contributed by atoms with van der Waals surface area (Å²) in [7, 11) is 0. The minimum Gasteiger partial charge on any atom is -0.478 e. The van der Waals surface area contributed by atoms with Gasteiger partial charge in [-0.3, -0.25) is 9.59 Å². The van der Waals surface area contributed by atoms with Gasteiger partial charge in [0, 0.05) is 11.6 Å². The topological polar surface area (TPSA) is 101 Å². The second-order valence-electron chi connectivity index (χ2n) is 5.37. The lowest BCUT2D eigenvalue weighted by atomic mass is 10.1. The van der Waals surface area contributed by atoms with E-state index in [1.54, 1.807) is 36.4 Å². The SMILES string of the molecule is NC(=O)C=C1C(=O)N(Cc2cccc(C(=O)O)c2)c2ccccc21. The summed E-state index contributed by atoms with van der Waals surface area (Å²) in [4.78, 5) is 36.5. The number of carboxylic acid groups (broad SMARTS) is 1. The highest BCUT2D eigenvalue weighted by molar-refractivity contribution is 6.34. The number of nitrogens with zero attached hydrogens (tertiary/aromatic N) is 1. The molecule has 1 heterocycles. The van der Waals surface area contributed by atoms with Gasteiger partial charge in [-0.1, -0.05) is 30.3 Å². The predicted octanol–water partition coefficient (Wildman–Crippen LogP) is 1.80. The van der Waals surface area contributed by atoms with E-state index in [2.05, 4.69) is 0 Å². The number of para-hydroxylation sites is 1. The van der Waals surface area contributed by atoms with Gasteiger partial charge >= 0.3 is 5.97 Å². The van der Waals surface area contributed by atoms with Crippen LogP contribution in [0.3, 0.4) is 0 Å². The highest BCUT2D eigenvalue weighted by atomic mass is 16.4. The number of primary amides is 1. The molecule has 0 saturated heterocycles. The molecule has 2 aromatic rings. The summed E-state index contributed by atoms with van der Waals surface area (Å²) in [6, 6.07) is 13.5. The number of carboxylic acids is 1. The second kappa shape index (κ2) is 6.00. The Labute approximate surface area is 137 Å². The van der Waals surface area contributed by atoms with Gasteiger partial charge in [0.05, 0.1) is 23.4 Å². The van der Waals surface area contributed by atoms with Crippen molar-refractivity contribution in [2.45, 2.75) is 6.54 Å². The fraction of sp³-hybridized carbons (Fsp3) is 0.0556. The van der Waals surface area contributed by atoms with Crippen LogP contribution in [-0.2, 0) is 16.1 Å². The highest BCUT2D eigenvalue weighted by Crippen LogP contribution is 2.37. The van der Waals surface area contributed by atoms with Gasteiger partial charge in [0.2, 0.25) is 5.91 Å². The van der Waals surface area contributed by atoms with E-state index in [1.165, 1.54) is 17.0 Å². The van der Waals surface area contributed by atoms with Gasteiger partial charge in [-0.2, -0.15) is 0 Å². The quantitative estimate of drug-likeness (QED) is 0.838. The van der Waals surface area contributed by atoms with Crippen LogP contribution >= 0.6 is 0 Å². The lowest BCUT2D eigenvalue weighted by Crippen LogP contribution is -2.26. The van der Waals surface area contributed by atoms with Crippen molar-refractivity contribution in [3.8, 4) is 0 Å². The van der Waals surface area contributed by atoms with Gasteiger partial charge in [0.15, 0.2) is 0 Å². The number of amides is 2. The van der Waals surface area contributed by atoms with Crippen molar-refractivity contribution in [3.05, 3.63) is 71.3 Å². The van der Waals surface area contributed by atoms with Crippen LogP contribution in [0.1, 0.15) is 21.5 Å². The third-order valence-corrected chi connectivity index (χ3v) is 3.76. The predicted molar refractivity (Wildman–Crippen MR) is 88.2 cm³/mol.